The predicted molar refractivity (Wildman–Crippen MR) is 71.9 cm³/mol. The van der Waals surface area contributed by atoms with Gasteiger partial charge >= 0.3 is 0 Å². The van der Waals surface area contributed by atoms with Crippen molar-refractivity contribution in [2.45, 2.75) is 0 Å². The molecule has 0 aromatic heterocycles. The lowest BCUT2D eigenvalue weighted by Crippen LogP contribution is -2.10. The van der Waals surface area contributed by atoms with Gasteiger partial charge in [0.1, 0.15) is 0 Å². The van der Waals surface area contributed by atoms with E-state index in [4.69, 9.17) is 0 Å². The molecule has 1 aromatic rings. The number of hydrogen-bond acceptors (Lipinski definition) is 4. The highest BCUT2D eigenvalue weighted by molar-refractivity contribution is 7.95. The minimum Gasteiger partial charge on any atom is -0.280 e. The first-order valence-corrected chi connectivity index (χ1v) is 7.78. The molecule has 1 rings (SSSR count). The Morgan fingerprint density at radius 2 is 1.28 bits per heavy atom. The van der Waals surface area contributed by atoms with Gasteiger partial charge in [0.25, 0.3) is 20.0 Å². The molecule has 0 saturated heterocycles. The molecule has 1 aromatic carbocycles. The monoisotopic (exact) mass is 288 g/mol. The van der Waals surface area contributed by atoms with Crippen molar-refractivity contribution in [1.82, 2.24) is 0 Å². The van der Waals surface area contributed by atoms with Crippen molar-refractivity contribution in [1.29, 1.82) is 0 Å². The maximum atomic E-state index is 11.2. The largest absolute Gasteiger partial charge is 0.280 e. The van der Waals surface area contributed by atoms with Crippen LogP contribution in [0.5, 0.6) is 0 Å². The first kappa shape index (κ1) is 14.3. The Morgan fingerprint density at radius 3 is 1.61 bits per heavy atom. The number of benzene rings is 1. The van der Waals surface area contributed by atoms with Crippen molar-refractivity contribution in [2.24, 2.45) is 0 Å². The van der Waals surface area contributed by atoms with E-state index >= 15 is 0 Å². The zero-order valence-electron chi connectivity index (χ0n) is 9.33. The second-order valence-corrected chi connectivity index (χ2v) is 6.46. The Kier molecular flexibility index (Phi) is 4.15. The highest BCUT2D eigenvalue weighted by Gasteiger charge is 2.07. The first-order valence-electron chi connectivity index (χ1n) is 4.68. The molecule has 0 unspecified atom stereocenters. The first-order chi connectivity index (χ1) is 8.28. The topological polar surface area (TPSA) is 92.3 Å². The number of sulfonamides is 2. The van der Waals surface area contributed by atoms with E-state index in [1.165, 1.54) is 24.3 Å². The van der Waals surface area contributed by atoms with E-state index < -0.39 is 20.0 Å². The van der Waals surface area contributed by atoms with Gasteiger partial charge in [0, 0.05) is 10.8 Å². The standard InChI is InChI=1S/C10H12N2O4S2/c1-3-17(13,14)11-9-6-5-7-10(8-9)12-18(15,16)4-2/h3-8,11-12H,1-2H2. The Labute approximate surface area is 106 Å². The summed E-state index contributed by atoms with van der Waals surface area (Å²) in [6, 6.07) is 5.80. The molecule has 0 bridgehead atoms. The lowest BCUT2D eigenvalue weighted by Gasteiger charge is -2.07. The SMILES string of the molecule is C=CS(=O)(=O)Nc1cccc(NS(=O)(=O)C=C)c1. The maximum Gasteiger partial charge on any atom is 0.254 e. The van der Waals surface area contributed by atoms with Crippen molar-refractivity contribution in [3.63, 3.8) is 0 Å². The average molecular weight is 288 g/mol. The van der Waals surface area contributed by atoms with Crippen molar-refractivity contribution in [2.75, 3.05) is 9.44 Å². The molecular weight excluding hydrogens is 276 g/mol. The van der Waals surface area contributed by atoms with Crippen LogP contribution in [0.15, 0.2) is 48.2 Å². The molecule has 0 atom stereocenters. The minimum atomic E-state index is -3.62. The van der Waals surface area contributed by atoms with E-state index in [9.17, 15) is 16.8 Å². The average Bonchev–Trinajstić information content (AvgIpc) is 2.28. The minimum absolute atomic E-state index is 0.221. The molecule has 0 heterocycles. The van der Waals surface area contributed by atoms with Gasteiger partial charge in [0.15, 0.2) is 0 Å². The molecule has 6 nitrogen and oxygen atoms in total. The highest BCUT2D eigenvalue weighted by atomic mass is 32.2. The van der Waals surface area contributed by atoms with Crippen LogP contribution in [0.2, 0.25) is 0 Å². The van der Waals surface area contributed by atoms with Crippen molar-refractivity contribution < 1.29 is 16.8 Å². The smallest absolute Gasteiger partial charge is 0.254 e. The third-order valence-corrected chi connectivity index (χ3v) is 3.74. The Bertz CT molecular complexity index is 608. The van der Waals surface area contributed by atoms with Gasteiger partial charge in [-0.3, -0.25) is 9.44 Å². The zero-order chi connectivity index (χ0) is 13.8. The summed E-state index contributed by atoms with van der Waals surface area (Å²) >= 11 is 0. The van der Waals surface area contributed by atoms with Crippen LogP contribution in [-0.2, 0) is 20.0 Å². The van der Waals surface area contributed by atoms with Crippen LogP contribution in [0.3, 0.4) is 0 Å². The van der Waals surface area contributed by atoms with Gasteiger partial charge in [-0.05, 0) is 18.2 Å². The number of rotatable bonds is 6. The normalized spacial score (nSPS) is 11.6. The molecular formula is C10H12N2O4S2. The van der Waals surface area contributed by atoms with Crippen molar-refractivity contribution in [3.8, 4) is 0 Å². The molecule has 0 aliphatic rings. The molecule has 0 amide bonds. The molecule has 2 N–H and O–H groups in total. The van der Waals surface area contributed by atoms with Crippen molar-refractivity contribution >= 4 is 31.4 Å². The summed E-state index contributed by atoms with van der Waals surface area (Å²) in [5.41, 5.74) is 0.443. The van der Waals surface area contributed by atoms with Gasteiger partial charge in [-0.2, -0.15) is 0 Å². The Hall–Kier alpha value is -1.80. The van der Waals surface area contributed by atoms with Gasteiger partial charge in [-0.1, -0.05) is 19.2 Å². The summed E-state index contributed by atoms with van der Waals surface area (Å²) in [7, 11) is -7.24. The molecule has 0 spiro atoms. The van der Waals surface area contributed by atoms with Crippen LogP contribution >= 0.6 is 0 Å². The summed E-state index contributed by atoms with van der Waals surface area (Å²) in [5, 5.41) is 1.52. The highest BCUT2D eigenvalue weighted by Crippen LogP contribution is 2.17. The molecule has 0 aliphatic heterocycles. The number of anilines is 2. The lowest BCUT2D eigenvalue weighted by atomic mass is 10.3. The quantitative estimate of drug-likeness (QED) is 0.828. The maximum absolute atomic E-state index is 11.2. The lowest BCUT2D eigenvalue weighted by molar-refractivity contribution is 0.608. The van der Waals surface area contributed by atoms with E-state index in [0.717, 1.165) is 10.8 Å². The predicted octanol–water partition coefficient (Wildman–Crippen LogP) is 1.46. The van der Waals surface area contributed by atoms with Gasteiger partial charge in [-0.15, -0.1) is 0 Å². The third kappa shape index (κ3) is 4.22. The summed E-state index contributed by atoms with van der Waals surface area (Å²) in [5.74, 6) is 0. The van der Waals surface area contributed by atoms with E-state index in [0.29, 0.717) is 0 Å². The fraction of sp³-hybridized carbons (Fsp3) is 0. The van der Waals surface area contributed by atoms with Crippen LogP contribution in [0.25, 0.3) is 0 Å². The summed E-state index contributed by atoms with van der Waals surface area (Å²) in [4.78, 5) is 0. The summed E-state index contributed by atoms with van der Waals surface area (Å²) in [6.45, 7) is 6.30. The molecule has 0 aliphatic carbocycles. The fourth-order valence-electron chi connectivity index (χ4n) is 1.06. The second kappa shape index (κ2) is 5.23. The van der Waals surface area contributed by atoms with Gasteiger partial charge < -0.3 is 0 Å². The summed E-state index contributed by atoms with van der Waals surface area (Å²) < 4.78 is 49.4. The molecule has 18 heavy (non-hydrogen) atoms. The molecule has 8 heteroatoms. The molecule has 98 valence electrons. The van der Waals surface area contributed by atoms with E-state index in [2.05, 4.69) is 22.6 Å². The zero-order valence-corrected chi connectivity index (χ0v) is 11.0. The third-order valence-electron chi connectivity index (χ3n) is 1.82. The van der Waals surface area contributed by atoms with E-state index in [1.54, 1.807) is 0 Å². The number of hydrogen-bond donors (Lipinski definition) is 2. The van der Waals surface area contributed by atoms with Crippen LogP contribution in [0.4, 0.5) is 11.4 Å². The fourth-order valence-corrected chi connectivity index (χ4v) is 2.14. The summed E-state index contributed by atoms with van der Waals surface area (Å²) in [6.07, 6.45) is 0. The van der Waals surface area contributed by atoms with Gasteiger partial charge in [-0.25, -0.2) is 16.8 Å². The van der Waals surface area contributed by atoms with E-state index in [1.807, 2.05) is 0 Å². The molecule has 0 fully saturated rings. The second-order valence-electron chi connectivity index (χ2n) is 3.21. The molecule has 0 saturated carbocycles. The number of nitrogens with one attached hydrogen (secondary N) is 2. The van der Waals surface area contributed by atoms with Gasteiger partial charge in [0.05, 0.1) is 11.4 Å². The van der Waals surface area contributed by atoms with Crippen LogP contribution in [0, 0.1) is 0 Å². The van der Waals surface area contributed by atoms with Crippen molar-refractivity contribution in [3.05, 3.63) is 48.2 Å². The van der Waals surface area contributed by atoms with Crippen LogP contribution in [-0.4, -0.2) is 16.8 Å². The Balaban J connectivity index is 3.00. The Morgan fingerprint density at radius 1 is 0.889 bits per heavy atom. The molecule has 0 radical (unpaired) electrons. The van der Waals surface area contributed by atoms with Gasteiger partial charge in [0.2, 0.25) is 0 Å². The van der Waals surface area contributed by atoms with E-state index in [-0.39, 0.29) is 11.4 Å². The van der Waals surface area contributed by atoms with Crippen LogP contribution < -0.4 is 9.44 Å². The van der Waals surface area contributed by atoms with Crippen LogP contribution in [0.1, 0.15) is 0 Å².